The van der Waals surface area contributed by atoms with Crippen molar-refractivity contribution in [1.82, 2.24) is 10.6 Å². The Morgan fingerprint density at radius 1 is 1.13 bits per heavy atom. The van der Waals surface area contributed by atoms with Crippen molar-refractivity contribution in [3.63, 3.8) is 0 Å². The standard InChI is InChI=1S/C25H44N2O4/c1-16(23(29)26-14-15-31-4)19-10-12-25(3)13-11-20(17(2)21(25)22(19)28)27-24(30)18-8-6-5-7-9-18/h16-22,28H,5-15H2,1-4H3,(H,26,29)(H,27,30)/t16-,17+,19+,20-,21+,22-,25-/m0/s1. The minimum atomic E-state index is -0.522. The summed E-state index contributed by atoms with van der Waals surface area (Å²) in [5, 5.41) is 17.8. The highest BCUT2D eigenvalue weighted by molar-refractivity contribution is 5.79. The number of methoxy groups -OCH3 is 1. The van der Waals surface area contributed by atoms with Crippen LogP contribution in [0.2, 0.25) is 0 Å². The van der Waals surface area contributed by atoms with Crippen LogP contribution in [0, 0.1) is 35.0 Å². The number of ether oxygens (including phenoxy) is 1. The molecule has 0 saturated heterocycles. The van der Waals surface area contributed by atoms with Crippen molar-refractivity contribution < 1.29 is 19.4 Å². The van der Waals surface area contributed by atoms with Crippen LogP contribution in [-0.4, -0.2) is 49.3 Å². The molecule has 6 heteroatoms. The van der Waals surface area contributed by atoms with Crippen LogP contribution in [0.15, 0.2) is 0 Å². The van der Waals surface area contributed by atoms with Gasteiger partial charge in [0.25, 0.3) is 0 Å². The third kappa shape index (κ3) is 5.44. The van der Waals surface area contributed by atoms with Gasteiger partial charge in [0.05, 0.1) is 12.7 Å². The van der Waals surface area contributed by atoms with E-state index in [2.05, 4.69) is 24.5 Å². The SMILES string of the molecule is COCCNC(=O)[C@@H](C)[C@H]1CC[C@@]2(C)CC[C@H](NC(=O)C3CCCCC3)[C@@H](C)[C@@H]2[C@H]1O. The zero-order valence-electron chi connectivity index (χ0n) is 20.0. The van der Waals surface area contributed by atoms with E-state index in [9.17, 15) is 14.7 Å². The van der Waals surface area contributed by atoms with Gasteiger partial charge in [0, 0.05) is 31.5 Å². The van der Waals surface area contributed by atoms with Gasteiger partial charge in [-0.1, -0.05) is 40.0 Å². The molecule has 0 unspecified atom stereocenters. The van der Waals surface area contributed by atoms with Gasteiger partial charge >= 0.3 is 0 Å². The van der Waals surface area contributed by atoms with Crippen LogP contribution in [0.4, 0.5) is 0 Å². The van der Waals surface area contributed by atoms with Crippen molar-refractivity contribution in [2.45, 2.75) is 90.7 Å². The van der Waals surface area contributed by atoms with Gasteiger partial charge in [-0.15, -0.1) is 0 Å². The van der Waals surface area contributed by atoms with Crippen LogP contribution in [0.5, 0.6) is 0 Å². The molecule has 2 amide bonds. The number of fused-ring (bicyclic) bond motifs is 1. The number of hydrogen-bond acceptors (Lipinski definition) is 4. The third-order valence-electron chi connectivity index (χ3n) is 8.85. The van der Waals surface area contributed by atoms with Crippen LogP contribution in [0.25, 0.3) is 0 Å². The van der Waals surface area contributed by atoms with Crippen molar-refractivity contribution in [3.05, 3.63) is 0 Å². The first-order valence-electron chi connectivity index (χ1n) is 12.5. The van der Waals surface area contributed by atoms with Crippen molar-refractivity contribution in [3.8, 4) is 0 Å². The molecule has 0 aliphatic heterocycles. The first-order chi connectivity index (χ1) is 14.8. The second kappa shape index (κ2) is 10.7. The van der Waals surface area contributed by atoms with Gasteiger partial charge in [-0.05, 0) is 61.7 Å². The molecule has 31 heavy (non-hydrogen) atoms. The van der Waals surface area contributed by atoms with Gasteiger partial charge < -0.3 is 20.5 Å². The zero-order chi connectivity index (χ0) is 22.6. The van der Waals surface area contributed by atoms with Gasteiger partial charge in [0.2, 0.25) is 11.8 Å². The Labute approximate surface area is 188 Å². The summed E-state index contributed by atoms with van der Waals surface area (Å²) in [6.45, 7) is 7.43. The fraction of sp³-hybridized carbons (Fsp3) is 0.920. The Kier molecular flexibility index (Phi) is 8.42. The lowest BCUT2D eigenvalue weighted by atomic mass is 9.51. The van der Waals surface area contributed by atoms with E-state index >= 15 is 0 Å². The number of amides is 2. The van der Waals surface area contributed by atoms with Crippen molar-refractivity contribution in [2.75, 3.05) is 20.3 Å². The van der Waals surface area contributed by atoms with E-state index in [0.29, 0.717) is 13.2 Å². The molecule has 178 valence electrons. The number of aliphatic hydroxyl groups excluding tert-OH is 1. The van der Waals surface area contributed by atoms with Crippen LogP contribution in [-0.2, 0) is 14.3 Å². The molecule has 0 aromatic rings. The average molecular weight is 437 g/mol. The van der Waals surface area contributed by atoms with E-state index in [-0.39, 0.29) is 52.9 Å². The van der Waals surface area contributed by atoms with Gasteiger partial charge in [0.1, 0.15) is 0 Å². The first kappa shape index (κ1) is 24.5. The summed E-state index contributed by atoms with van der Waals surface area (Å²) in [4.78, 5) is 25.5. The number of carbonyl (C=O) groups excluding carboxylic acids is 2. The lowest BCUT2D eigenvalue weighted by Gasteiger charge is -2.56. The molecule has 0 radical (unpaired) electrons. The van der Waals surface area contributed by atoms with Crippen LogP contribution >= 0.6 is 0 Å². The number of carbonyl (C=O) groups is 2. The predicted octanol–water partition coefficient (Wildman–Crippen LogP) is 3.27. The monoisotopic (exact) mass is 436 g/mol. The summed E-state index contributed by atoms with van der Waals surface area (Å²) >= 11 is 0. The molecule has 3 aliphatic carbocycles. The topological polar surface area (TPSA) is 87.7 Å². The summed E-state index contributed by atoms with van der Waals surface area (Å²) in [5.74, 6) is 0.396. The molecule has 6 nitrogen and oxygen atoms in total. The molecule has 0 bridgehead atoms. The molecule has 0 aromatic carbocycles. The van der Waals surface area contributed by atoms with Gasteiger partial charge in [0.15, 0.2) is 0 Å². The molecule has 0 aromatic heterocycles. The van der Waals surface area contributed by atoms with E-state index < -0.39 is 6.10 Å². The normalized spacial score (nSPS) is 37.5. The Balaban J connectivity index is 1.65. The second-order valence-corrected chi connectivity index (χ2v) is 10.8. The van der Waals surface area contributed by atoms with Crippen LogP contribution < -0.4 is 10.6 Å². The largest absolute Gasteiger partial charge is 0.392 e. The van der Waals surface area contributed by atoms with E-state index in [1.165, 1.54) is 6.42 Å². The highest BCUT2D eigenvalue weighted by atomic mass is 16.5. The quantitative estimate of drug-likeness (QED) is 0.535. The first-order valence-corrected chi connectivity index (χ1v) is 12.5. The third-order valence-corrected chi connectivity index (χ3v) is 8.85. The second-order valence-electron chi connectivity index (χ2n) is 10.8. The highest BCUT2D eigenvalue weighted by Gasteiger charge is 2.54. The molecule has 0 heterocycles. The number of aliphatic hydroxyl groups is 1. The molecule has 0 spiro atoms. The molecule has 7 atom stereocenters. The molecular weight excluding hydrogens is 392 g/mol. The van der Waals surface area contributed by atoms with E-state index in [1.807, 2.05) is 6.92 Å². The van der Waals surface area contributed by atoms with Crippen molar-refractivity contribution in [1.29, 1.82) is 0 Å². The summed E-state index contributed by atoms with van der Waals surface area (Å²) in [7, 11) is 1.62. The minimum Gasteiger partial charge on any atom is -0.392 e. The highest BCUT2D eigenvalue weighted by Crippen LogP contribution is 2.55. The molecule has 3 saturated carbocycles. The summed E-state index contributed by atoms with van der Waals surface area (Å²) < 4.78 is 5.03. The maximum absolute atomic E-state index is 12.9. The van der Waals surface area contributed by atoms with Crippen molar-refractivity contribution >= 4 is 11.8 Å². The smallest absolute Gasteiger partial charge is 0.223 e. The summed E-state index contributed by atoms with van der Waals surface area (Å²) in [5.41, 5.74) is 0.0770. The fourth-order valence-corrected chi connectivity index (χ4v) is 6.79. The molecule has 3 rings (SSSR count). The Hall–Kier alpha value is -1.14. The summed E-state index contributed by atoms with van der Waals surface area (Å²) in [6, 6.07) is 0.117. The number of rotatable bonds is 7. The predicted molar refractivity (Wildman–Crippen MR) is 121 cm³/mol. The lowest BCUT2D eigenvalue weighted by molar-refractivity contribution is -0.144. The minimum absolute atomic E-state index is 0.00434. The summed E-state index contributed by atoms with van der Waals surface area (Å²) in [6.07, 6.45) is 8.96. The van der Waals surface area contributed by atoms with E-state index in [0.717, 1.165) is 51.4 Å². The van der Waals surface area contributed by atoms with Gasteiger partial charge in [-0.2, -0.15) is 0 Å². The number of hydrogen-bond donors (Lipinski definition) is 3. The Bertz CT molecular complexity index is 621. The maximum Gasteiger partial charge on any atom is 0.223 e. The molecule has 3 aliphatic rings. The van der Waals surface area contributed by atoms with Gasteiger partial charge in [-0.3, -0.25) is 9.59 Å². The van der Waals surface area contributed by atoms with Crippen molar-refractivity contribution in [2.24, 2.45) is 35.0 Å². The molecule has 3 N–H and O–H groups in total. The average Bonchev–Trinajstić information content (AvgIpc) is 2.76. The fourth-order valence-electron chi connectivity index (χ4n) is 6.79. The van der Waals surface area contributed by atoms with E-state index in [4.69, 9.17) is 4.74 Å². The molecule has 3 fully saturated rings. The van der Waals surface area contributed by atoms with Crippen LogP contribution in [0.3, 0.4) is 0 Å². The van der Waals surface area contributed by atoms with Crippen LogP contribution in [0.1, 0.15) is 78.6 Å². The Morgan fingerprint density at radius 2 is 1.81 bits per heavy atom. The lowest BCUT2D eigenvalue weighted by Crippen LogP contribution is -2.59. The zero-order valence-corrected chi connectivity index (χ0v) is 20.0. The molecular formula is C25H44N2O4. The van der Waals surface area contributed by atoms with E-state index in [1.54, 1.807) is 7.11 Å². The Morgan fingerprint density at radius 3 is 2.48 bits per heavy atom. The van der Waals surface area contributed by atoms with Gasteiger partial charge in [-0.25, -0.2) is 0 Å². The number of nitrogens with one attached hydrogen (secondary N) is 2. The maximum atomic E-state index is 12.9.